The number of hydrogen-bond acceptors (Lipinski definition) is 5. The van der Waals surface area contributed by atoms with Crippen molar-refractivity contribution in [2.45, 2.75) is 46.6 Å². The molecule has 0 aromatic carbocycles. The van der Waals surface area contributed by atoms with Crippen LogP contribution >= 0.6 is 0 Å². The smallest absolute Gasteiger partial charge is 0.224 e. The van der Waals surface area contributed by atoms with E-state index in [-0.39, 0.29) is 17.8 Å². The molecule has 114 valence electrons. The first-order valence-corrected chi connectivity index (χ1v) is 7.00. The highest BCUT2D eigenvalue weighted by Gasteiger charge is 2.17. The van der Waals surface area contributed by atoms with E-state index >= 15 is 0 Å². The van der Waals surface area contributed by atoms with Crippen molar-refractivity contribution in [3.63, 3.8) is 0 Å². The number of halogens is 1. The standard InChI is InChI=1S/C14H25FN4O/c1-5-6-16-13-18-9-11(15)12(19-13)17-8-10(20)7-14(2,3)4/h9-10,20H,5-8H2,1-4H3,(H2,16,17,18,19). The topological polar surface area (TPSA) is 70.1 Å². The molecule has 0 fully saturated rings. The predicted molar refractivity (Wildman–Crippen MR) is 79.3 cm³/mol. The Hall–Kier alpha value is -1.43. The highest BCUT2D eigenvalue weighted by Crippen LogP contribution is 2.21. The van der Waals surface area contributed by atoms with Crippen molar-refractivity contribution < 1.29 is 9.50 Å². The summed E-state index contributed by atoms with van der Waals surface area (Å²) in [5.74, 6) is -0.0115. The van der Waals surface area contributed by atoms with Gasteiger partial charge in [0.05, 0.1) is 12.3 Å². The van der Waals surface area contributed by atoms with Crippen LogP contribution in [0.15, 0.2) is 6.20 Å². The SMILES string of the molecule is CCCNc1ncc(F)c(NCC(O)CC(C)(C)C)n1. The van der Waals surface area contributed by atoms with E-state index in [0.717, 1.165) is 19.2 Å². The monoisotopic (exact) mass is 284 g/mol. The van der Waals surface area contributed by atoms with E-state index in [9.17, 15) is 9.50 Å². The van der Waals surface area contributed by atoms with Gasteiger partial charge in [-0.05, 0) is 18.3 Å². The van der Waals surface area contributed by atoms with Gasteiger partial charge in [-0.2, -0.15) is 4.98 Å². The summed E-state index contributed by atoms with van der Waals surface area (Å²) >= 11 is 0. The Labute approximate surface area is 120 Å². The molecule has 0 spiro atoms. The molecule has 1 rings (SSSR count). The Morgan fingerprint density at radius 2 is 2.05 bits per heavy atom. The molecule has 0 aliphatic heterocycles. The maximum atomic E-state index is 13.6. The molecule has 1 atom stereocenters. The van der Waals surface area contributed by atoms with Gasteiger partial charge >= 0.3 is 0 Å². The summed E-state index contributed by atoms with van der Waals surface area (Å²) in [5, 5.41) is 15.7. The largest absolute Gasteiger partial charge is 0.391 e. The van der Waals surface area contributed by atoms with Crippen molar-refractivity contribution in [1.82, 2.24) is 9.97 Å². The minimum atomic E-state index is -0.545. The second-order valence-corrected chi connectivity index (χ2v) is 6.12. The molecular weight excluding hydrogens is 259 g/mol. The van der Waals surface area contributed by atoms with Crippen molar-refractivity contribution >= 4 is 11.8 Å². The molecule has 1 aromatic heterocycles. The molecule has 0 aliphatic rings. The molecule has 0 aliphatic carbocycles. The van der Waals surface area contributed by atoms with Crippen LogP contribution in [0.4, 0.5) is 16.2 Å². The molecule has 3 N–H and O–H groups in total. The Bertz CT molecular complexity index is 420. The van der Waals surface area contributed by atoms with Crippen molar-refractivity contribution in [2.24, 2.45) is 5.41 Å². The summed E-state index contributed by atoms with van der Waals surface area (Å²) < 4.78 is 13.6. The second-order valence-electron chi connectivity index (χ2n) is 6.12. The highest BCUT2D eigenvalue weighted by molar-refractivity contribution is 5.41. The first-order chi connectivity index (χ1) is 9.31. The van der Waals surface area contributed by atoms with Crippen molar-refractivity contribution in [1.29, 1.82) is 0 Å². The fourth-order valence-electron chi connectivity index (χ4n) is 1.81. The number of anilines is 2. The Morgan fingerprint density at radius 3 is 2.65 bits per heavy atom. The van der Waals surface area contributed by atoms with Gasteiger partial charge in [0.15, 0.2) is 11.6 Å². The van der Waals surface area contributed by atoms with Crippen LogP contribution in [0.5, 0.6) is 0 Å². The lowest BCUT2D eigenvalue weighted by Crippen LogP contribution is -2.25. The minimum Gasteiger partial charge on any atom is -0.391 e. The molecule has 0 saturated carbocycles. The van der Waals surface area contributed by atoms with E-state index in [1.54, 1.807) is 0 Å². The van der Waals surface area contributed by atoms with Crippen LogP contribution in [0, 0.1) is 11.2 Å². The fraction of sp³-hybridized carbons (Fsp3) is 0.714. The number of aliphatic hydroxyl groups excluding tert-OH is 1. The molecule has 6 heteroatoms. The quantitative estimate of drug-likeness (QED) is 0.718. The molecule has 1 aromatic rings. The molecule has 1 unspecified atom stereocenters. The Balaban J connectivity index is 2.58. The third kappa shape index (κ3) is 6.14. The van der Waals surface area contributed by atoms with E-state index in [1.807, 2.05) is 27.7 Å². The van der Waals surface area contributed by atoms with E-state index in [1.165, 1.54) is 0 Å². The van der Waals surface area contributed by atoms with Crippen LogP contribution < -0.4 is 10.6 Å². The summed E-state index contributed by atoms with van der Waals surface area (Å²) in [7, 11) is 0. The lowest BCUT2D eigenvalue weighted by molar-refractivity contribution is 0.132. The van der Waals surface area contributed by atoms with Crippen LogP contribution in [0.1, 0.15) is 40.5 Å². The zero-order chi connectivity index (χ0) is 15.2. The van der Waals surface area contributed by atoms with Crippen LogP contribution in [0.25, 0.3) is 0 Å². The van der Waals surface area contributed by atoms with E-state index in [4.69, 9.17) is 0 Å². The van der Waals surface area contributed by atoms with Crippen molar-refractivity contribution in [2.75, 3.05) is 23.7 Å². The van der Waals surface area contributed by atoms with Crippen LogP contribution in [-0.4, -0.2) is 34.3 Å². The van der Waals surface area contributed by atoms with E-state index in [0.29, 0.717) is 12.4 Å². The van der Waals surface area contributed by atoms with Gasteiger partial charge in [-0.1, -0.05) is 27.7 Å². The lowest BCUT2D eigenvalue weighted by Gasteiger charge is -2.22. The number of nitrogens with one attached hydrogen (secondary N) is 2. The number of aliphatic hydroxyl groups is 1. The normalized spacial score (nSPS) is 13.1. The zero-order valence-electron chi connectivity index (χ0n) is 12.7. The number of hydrogen-bond donors (Lipinski definition) is 3. The maximum Gasteiger partial charge on any atom is 0.224 e. The number of nitrogens with zero attached hydrogens (tertiary/aromatic N) is 2. The predicted octanol–water partition coefficient (Wildman–Crippen LogP) is 2.65. The van der Waals surface area contributed by atoms with Crippen molar-refractivity contribution in [3.05, 3.63) is 12.0 Å². The molecule has 20 heavy (non-hydrogen) atoms. The van der Waals surface area contributed by atoms with E-state index in [2.05, 4.69) is 20.6 Å². The van der Waals surface area contributed by atoms with Gasteiger partial charge in [0.2, 0.25) is 5.95 Å². The third-order valence-electron chi connectivity index (χ3n) is 2.63. The fourth-order valence-corrected chi connectivity index (χ4v) is 1.81. The third-order valence-corrected chi connectivity index (χ3v) is 2.63. The molecular formula is C14H25FN4O. The molecule has 0 amide bonds. The number of rotatable bonds is 7. The molecule has 1 heterocycles. The summed E-state index contributed by atoms with van der Waals surface area (Å²) in [4.78, 5) is 7.92. The summed E-state index contributed by atoms with van der Waals surface area (Å²) in [6.45, 7) is 9.17. The van der Waals surface area contributed by atoms with Gasteiger partial charge in [0.1, 0.15) is 0 Å². The average molecular weight is 284 g/mol. The lowest BCUT2D eigenvalue weighted by atomic mass is 9.89. The van der Waals surface area contributed by atoms with Crippen LogP contribution in [0.3, 0.4) is 0 Å². The van der Waals surface area contributed by atoms with Gasteiger partial charge in [0.25, 0.3) is 0 Å². The van der Waals surface area contributed by atoms with Crippen LogP contribution in [-0.2, 0) is 0 Å². The van der Waals surface area contributed by atoms with Crippen LogP contribution in [0.2, 0.25) is 0 Å². The van der Waals surface area contributed by atoms with E-state index < -0.39 is 11.9 Å². The molecule has 0 saturated heterocycles. The zero-order valence-corrected chi connectivity index (χ0v) is 12.7. The number of aromatic nitrogens is 2. The van der Waals surface area contributed by atoms with Gasteiger partial charge in [-0.15, -0.1) is 0 Å². The second kappa shape index (κ2) is 7.38. The Morgan fingerprint density at radius 1 is 1.35 bits per heavy atom. The Kier molecular flexibility index (Phi) is 6.13. The molecule has 0 bridgehead atoms. The average Bonchev–Trinajstić information content (AvgIpc) is 2.34. The van der Waals surface area contributed by atoms with Gasteiger partial charge in [-0.25, -0.2) is 9.37 Å². The molecule has 0 radical (unpaired) electrons. The summed E-state index contributed by atoms with van der Waals surface area (Å²) in [5.41, 5.74) is 0.0269. The van der Waals surface area contributed by atoms with Gasteiger partial charge in [0, 0.05) is 13.1 Å². The summed E-state index contributed by atoms with van der Waals surface area (Å²) in [6, 6.07) is 0. The molecule has 5 nitrogen and oxygen atoms in total. The van der Waals surface area contributed by atoms with Gasteiger partial charge in [-0.3, -0.25) is 0 Å². The first kappa shape index (κ1) is 16.6. The minimum absolute atomic E-state index is 0.0269. The van der Waals surface area contributed by atoms with Crippen molar-refractivity contribution in [3.8, 4) is 0 Å². The van der Waals surface area contributed by atoms with Gasteiger partial charge < -0.3 is 15.7 Å². The summed E-state index contributed by atoms with van der Waals surface area (Å²) in [6.07, 6.45) is 2.15. The highest BCUT2D eigenvalue weighted by atomic mass is 19.1. The first-order valence-electron chi connectivity index (χ1n) is 7.00. The maximum absolute atomic E-state index is 13.6.